The van der Waals surface area contributed by atoms with Crippen LogP contribution in [0.25, 0.3) is 10.9 Å². The second kappa shape index (κ2) is 9.87. The predicted molar refractivity (Wildman–Crippen MR) is 131 cm³/mol. The van der Waals surface area contributed by atoms with Gasteiger partial charge in [-0.1, -0.05) is 30.3 Å². The molecule has 8 heteroatoms. The van der Waals surface area contributed by atoms with Gasteiger partial charge in [0.25, 0.3) is 0 Å². The van der Waals surface area contributed by atoms with Crippen LogP contribution in [-0.4, -0.2) is 68.5 Å². The summed E-state index contributed by atoms with van der Waals surface area (Å²) in [5.41, 5.74) is 3.45. The average molecular weight is 463 g/mol. The van der Waals surface area contributed by atoms with E-state index >= 15 is 0 Å². The third-order valence-electron chi connectivity index (χ3n) is 6.47. The lowest BCUT2D eigenvalue weighted by Crippen LogP contribution is -2.42. The Morgan fingerprint density at radius 1 is 1.12 bits per heavy atom. The van der Waals surface area contributed by atoms with Gasteiger partial charge in [0.1, 0.15) is 13.2 Å². The molecular weight excluding hydrogens is 432 g/mol. The molecule has 5 rings (SSSR count). The second-order valence-electron chi connectivity index (χ2n) is 8.78. The van der Waals surface area contributed by atoms with Crippen LogP contribution in [0, 0.1) is 6.92 Å². The van der Waals surface area contributed by atoms with Gasteiger partial charge in [-0.15, -0.1) is 0 Å². The number of fused-ring (bicyclic) bond motifs is 2. The lowest BCUT2D eigenvalue weighted by atomic mass is 9.94. The van der Waals surface area contributed by atoms with Crippen molar-refractivity contribution in [3.63, 3.8) is 0 Å². The average Bonchev–Trinajstić information content (AvgIpc) is 3.25. The lowest BCUT2D eigenvalue weighted by molar-refractivity contribution is 0.159. The van der Waals surface area contributed by atoms with Gasteiger partial charge in [-0.2, -0.15) is 0 Å². The van der Waals surface area contributed by atoms with E-state index in [1.165, 1.54) is 5.56 Å². The zero-order chi connectivity index (χ0) is 23.5. The molecule has 2 atom stereocenters. The first kappa shape index (κ1) is 22.4. The Hall–Kier alpha value is -3.36. The fourth-order valence-corrected chi connectivity index (χ4v) is 4.73. The van der Waals surface area contributed by atoms with Crippen molar-refractivity contribution in [2.24, 2.45) is 0 Å². The van der Waals surface area contributed by atoms with E-state index in [-0.39, 0.29) is 18.0 Å². The maximum absolute atomic E-state index is 13.0. The van der Waals surface area contributed by atoms with Crippen LogP contribution in [0.15, 0.2) is 48.5 Å². The first-order valence-corrected chi connectivity index (χ1v) is 11.7. The summed E-state index contributed by atoms with van der Waals surface area (Å²) in [6.45, 7) is 6.10. The predicted octanol–water partition coefficient (Wildman–Crippen LogP) is 3.55. The van der Waals surface area contributed by atoms with Gasteiger partial charge in [0, 0.05) is 44.1 Å². The van der Waals surface area contributed by atoms with Crippen molar-refractivity contribution >= 4 is 22.6 Å². The Bertz CT molecular complexity index is 1170. The summed E-state index contributed by atoms with van der Waals surface area (Å²) in [5, 5.41) is 7.10. The van der Waals surface area contributed by atoms with Gasteiger partial charge >= 0.3 is 6.03 Å². The Morgan fingerprint density at radius 2 is 1.88 bits per heavy atom. The van der Waals surface area contributed by atoms with Crippen molar-refractivity contribution in [2.75, 3.05) is 51.9 Å². The number of methoxy groups -OCH3 is 1. The number of ether oxygens (including phenoxy) is 3. The largest absolute Gasteiger partial charge is 0.486 e. The molecule has 2 aliphatic rings. The molecule has 1 aromatic heterocycles. The Kier molecular flexibility index (Phi) is 6.51. The summed E-state index contributed by atoms with van der Waals surface area (Å²) >= 11 is 0. The van der Waals surface area contributed by atoms with E-state index in [1.807, 2.05) is 43.3 Å². The molecule has 2 aliphatic heterocycles. The van der Waals surface area contributed by atoms with Crippen LogP contribution in [0.1, 0.15) is 17.2 Å². The molecule has 0 aliphatic carbocycles. The number of carbonyl (C=O) groups excluding carboxylic acids is 1. The van der Waals surface area contributed by atoms with E-state index in [0.717, 1.165) is 36.2 Å². The highest BCUT2D eigenvalue weighted by molar-refractivity contribution is 5.94. The molecular formula is C26H30N4O4. The standard InChI is InChI=1S/C26H30N4O4/c1-17-21(12-19-13-24-25(14-22(19)27-17)34-11-10-33-24)28-26(31)29-23-16-30(8-9-32-2)15-20(23)18-6-4-3-5-7-18/h3-7,12-14,20,23H,8-11,15-16H2,1-2H3,(H2,28,29,31)/t20-,23+/m0/s1. The molecule has 3 aromatic rings. The number of anilines is 1. The molecule has 34 heavy (non-hydrogen) atoms. The lowest BCUT2D eigenvalue weighted by Gasteiger charge is -2.21. The molecule has 8 nitrogen and oxygen atoms in total. The normalized spacial score (nSPS) is 19.8. The fraction of sp³-hybridized carbons (Fsp3) is 0.385. The summed E-state index contributed by atoms with van der Waals surface area (Å²) in [7, 11) is 1.71. The smallest absolute Gasteiger partial charge is 0.319 e. The van der Waals surface area contributed by atoms with Gasteiger partial charge in [0.2, 0.25) is 0 Å². The third-order valence-corrected chi connectivity index (χ3v) is 6.47. The number of hydrogen-bond acceptors (Lipinski definition) is 6. The quantitative estimate of drug-likeness (QED) is 0.583. The van der Waals surface area contributed by atoms with Crippen LogP contribution in [0.3, 0.4) is 0 Å². The molecule has 0 unspecified atom stereocenters. The molecule has 1 saturated heterocycles. The van der Waals surface area contributed by atoms with E-state index in [0.29, 0.717) is 37.0 Å². The highest BCUT2D eigenvalue weighted by Gasteiger charge is 2.34. The molecule has 0 saturated carbocycles. The van der Waals surface area contributed by atoms with Crippen molar-refractivity contribution in [1.29, 1.82) is 0 Å². The summed E-state index contributed by atoms with van der Waals surface area (Å²) in [5.74, 6) is 1.62. The topological polar surface area (TPSA) is 85.0 Å². The van der Waals surface area contributed by atoms with Crippen molar-refractivity contribution < 1.29 is 19.0 Å². The zero-order valence-corrected chi connectivity index (χ0v) is 19.5. The first-order chi connectivity index (χ1) is 16.6. The minimum atomic E-state index is -0.235. The van der Waals surface area contributed by atoms with E-state index in [1.54, 1.807) is 7.11 Å². The molecule has 0 spiro atoms. The minimum Gasteiger partial charge on any atom is -0.486 e. The SMILES string of the molecule is COCCN1C[C@@H](NC(=O)Nc2cc3cc4c(cc3nc2C)OCCO4)[C@H](c2ccccc2)C1. The molecule has 3 heterocycles. The van der Waals surface area contributed by atoms with E-state index < -0.39 is 0 Å². The van der Waals surface area contributed by atoms with Crippen molar-refractivity contribution in [3.8, 4) is 11.5 Å². The molecule has 2 N–H and O–H groups in total. The zero-order valence-electron chi connectivity index (χ0n) is 19.5. The number of pyridine rings is 1. The summed E-state index contributed by atoms with van der Waals surface area (Å²) in [6, 6.07) is 15.8. The molecule has 2 amide bonds. The van der Waals surface area contributed by atoms with E-state index in [9.17, 15) is 4.79 Å². The number of hydrogen-bond donors (Lipinski definition) is 2. The second-order valence-corrected chi connectivity index (χ2v) is 8.78. The number of carbonyl (C=O) groups is 1. The molecule has 178 valence electrons. The van der Waals surface area contributed by atoms with Crippen LogP contribution in [0.5, 0.6) is 11.5 Å². The number of aromatic nitrogens is 1. The number of likely N-dealkylation sites (tertiary alicyclic amines) is 1. The number of amides is 2. The molecule has 0 bridgehead atoms. The summed E-state index contributed by atoms with van der Waals surface area (Å²) < 4.78 is 16.6. The summed E-state index contributed by atoms with van der Waals surface area (Å²) in [4.78, 5) is 20.1. The van der Waals surface area contributed by atoms with E-state index in [2.05, 4.69) is 32.7 Å². The highest BCUT2D eigenvalue weighted by Crippen LogP contribution is 2.35. The first-order valence-electron chi connectivity index (χ1n) is 11.7. The maximum atomic E-state index is 13.0. The molecule has 2 aromatic carbocycles. The number of rotatable bonds is 6. The van der Waals surface area contributed by atoms with Crippen LogP contribution in [-0.2, 0) is 4.74 Å². The Balaban J connectivity index is 1.32. The summed E-state index contributed by atoms with van der Waals surface area (Å²) in [6.07, 6.45) is 0. The van der Waals surface area contributed by atoms with Gasteiger partial charge in [-0.05, 0) is 24.6 Å². The van der Waals surface area contributed by atoms with Crippen molar-refractivity contribution in [2.45, 2.75) is 18.9 Å². The molecule has 1 fully saturated rings. The Labute approximate surface area is 199 Å². The van der Waals surface area contributed by atoms with Crippen molar-refractivity contribution in [3.05, 3.63) is 59.8 Å². The van der Waals surface area contributed by atoms with Gasteiger partial charge < -0.3 is 24.8 Å². The van der Waals surface area contributed by atoms with Gasteiger partial charge in [0.05, 0.1) is 29.5 Å². The number of nitrogens with zero attached hydrogens (tertiary/aromatic N) is 2. The minimum absolute atomic E-state index is 0.00875. The van der Waals surface area contributed by atoms with E-state index in [4.69, 9.17) is 14.2 Å². The van der Waals surface area contributed by atoms with Crippen molar-refractivity contribution in [1.82, 2.24) is 15.2 Å². The molecule has 0 radical (unpaired) electrons. The van der Waals surface area contributed by atoms with Gasteiger partial charge in [-0.25, -0.2) is 4.79 Å². The number of benzene rings is 2. The van der Waals surface area contributed by atoms with Crippen LogP contribution < -0.4 is 20.1 Å². The third kappa shape index (κ3) is 4.78. The number of nitrogens with one attached hydrogen (secondary N) is 2. The monoisotopic (exact) mass is 462 g/mol. The van der Waals surface area contributed by atoms with Crippen LogP contribution in [0.4, 0.5) is 10.5 Å². The maximum Gasteiger partial charge on any atom is 0.319 e. The Morgan fingerprint density at radius 3 is 2.65 bits per heavy atom. The fourth-order valence-electron chi connectivity index (χ4n) is 4.73. The van der Waals surface area contributed by atoms with Crippen LogP contribution >= 0.6 is 0 Å². The van der Waals surface area contributed by atoms with Crippen LogP contribution in [0.2, 0.25) is 0 Å². The van der Waals surface area contributed by atoms with Gasteiger partial charge in [-0.3, -0.25) is 9.88 Å². The highest BCUT2D eigenvalue weighted by atomic mass is 16.6. The van der Waals surface area contributed by atoms with Gasteiger partial charge in [0.15, 0.2) is 11.5 Å². The number of aryl methyl sites for hydroxylation is 1. The number of urea groups is 1.